The van der Waals surface area contributed by atoms with Gasteiger partial charge in [0.25, 0.3) is 0 Å². The number of benzene rings is 2. The second kappa shape index (κ2) is 7.76. The first kappa shape index (κ1) is 18.2. The van der Waals surface area contributed by atoms with E-state index in [1.807, 2.05) is 0 Å². The fourth-order valence-corrected chi connectivity index (χ4v) is 2.84. The van der Waals surface area contributed by atoms with E-state index in [1.165, 1.54) is 20.4 Å². The van der Waals surface area contributed by atoms with E-state index in [4.69, 9.17) is 21.1 Å². The number of rotatable bonds is 6. The number of methoxy groups -OCH3 is 2. The van der Waals surface area contributed by atoms with Crippen molar-refractivity contribution in [3.63, 3.8) is 0 Å². The zero-order chi connectivity index (χ0) is 18.7. The highest BCUT2D eigenvalue weighted by Crippen LogP contribution is 2.29. The first-order valence-electron chi connectivity index (χ1n) is 7.91. The van der Waals surface area contributed by atoms with Gasteiger partial charge in [-0.05, 0) is 35.9 Å². The molecule has 0 bridgehead atoms. The molecule has 136 valence electrons. The van der Waals surface area contributed by atoms with E-state index in [2.05, 4.69) is 10.3 Å². The molecular formula is C19H18ClFN2O3. The number of ether oxygens (including phenoxy) is 2. The number of aliphatic hydroxyl groups excluding tert-OH is 1. The lowest BCUT2D eigenvalue weighted by atomic mass is 10.1. The Morgan fingerprint density at radius 3 is 2.50 bits per heavy atom. The van der Waals surface area contributed by atoms with E-state index in [0.29, 0.717) is 27.5 Å². The fourth-order valence-electron chi connectivity index (χ4n) is 2.63. The third-order valence-electron chi connectivity index (χ3n) is 4.04. The molecule has 2 aromatic carbocycles. The summed E-state index contributed by atoms with van der Waals surface area (Å²) in [5.74, 6) is 0.615. The van der Waals surface area contributed by atoms with Gasteiger partial charge in [-0.15, -0.1) is 0 Å². The van der Waals surface area contributed by atoms with Crippen molar-refractivity contribution >= 4 is 28.2 Å². The number of pyridine rings is 1. The zero-order valence-electron chi connectivity index (χ0n) is 14.3. The van der Waals surface area contributed by atoms with E-state index in [9.17, 15) is 9.50 Å². The average molecular weight is 377 g/mol. The van der Waals surface area contributed by atoms with Crippen LogP contribution in [0.1, 0.15) is 11.7 Å². The van der Waals surface area contributed by atoms with Crippen LogP contribution in [0.3, 0.4) is 0 Å². The van der Waals surface area contributed by atoms with Gasteiger partial charge in [0, 0.05) is 24.2 Å². The van der Waals surface area contributed by atoms with Gasteiger partial charge in [0.2, 0.25) is 0 Å². The van der Waals surface area contributed by atoms with Crippen molar-refractivity contribution in [3.05, 3.63) is 59.0 Å². The molecule has 0 spiro atoms. The van der Waals surface area contributed by atoms with Crippen LogP contribution in [-0.4, -0.2) is 30.9 Å². The Kier molecular flexibility index (Phi) is 5.44. The van der Waals surface area contributed by atoms with Crippen LogP contribution >= 0.6 is 11.6 Å². The van der Waals surface area contributed by atoms with Gasteiger partial charge >= 0.3 is 0 Å². The molecule has 1 unspecified atom stereocenters. The highest BCUT2D eigenvalue weighted by atomic mass is 35.5. The lowest BCUT2D eigenvalue weighted by Crippen LogP contribution is -2.13. The summed E-state index contributed by atoms with van der Waals surface area (Å²) in [5, 5.41) is 14.3. The molecule has 1 heterocycles. The van der Waals surface area contributed by atoms with E-state index >= 15 is 0 Å². The van der Waals surface area contributed by atoms with Crippen LogP contribution in [0.15, 0.2) is 42.6 Å². The van der Waals surface area contributed by atoms with E-state index in [-0.39, 0.29) is 17.7 Å². The van der Waals surface area contributed by atoms with Crippen LogP contribution < -0.4 is 14.8 Å². The number of halogens is 2. The minimum Gasteiger partial charge on any atom is -0.497 e. The molecule has 1 atom stereocenters. The van der Waals surface area contributed by atoms with E-state index in [1.54, 1.807) is 36.4 Å². The molecule has 0 fully saturated rings. The van der Waals surface area contributed by atoms with Crippen molar-refractivity contribution in [1.29, 1.82) is 0 Å². The second-order valence-corrected chi connectivity index (χ2v) is 6.07. The lowest BCUT2D eigenvalue weighted by Gasteiger charge is -2.16. The summed E-state index contributed by atoms with van der Waals surface area (Å²) >= 11 is 6.06. The van der Waals surface area contributed by atoms with Crippen LogP contribution in [0.4, 0.5) is 10.1 Å². The first-order chi connectivity index (χ1) is 12.5. The van der Waals surface area contributed by atoms with Gasteiger partial charge in [-0.1, -0.05) is 11.6 Å². The highest BCUT2D eigenvalue weighted by Gasteiger charge is 2.14. The Morgan fingerprint density at radius 2 is 1.85 bits per heavy atom. The number of fused-ring (bicyclic) bond motifs is 1. The minimum absolute atomic E-state index is 0.0965. The van der Waals surface area contributed by atoms with Gasteiger partial charge in [0.15, 0.2) is 5.82 Å². The van der Waals surface area contributed by atoms with Crippen molar-refractivity contribution in [3.8, 4) is 11.5 Å². The first-order valence-corrected chi connectivity index (χ1v) is 8.29. The lowest BCUT2D eigenvalue weighted by molar-refractivity contribution is 0.190. The average Bonchev–Trinajstić information content (AvgIpc) is 2.67. The van der Waals surface area contributed by atoms with Crippen LogP contribution in [-0.2, 0) is 0 Å². The minimum atomic E-state index is -0.888. The van der Waals surface area contributed by atoms with Crippen molar-refractivity contribution < 1.29 is 19.0 Å². The summed E-state index contributed by atoms with van der Waals surface area (Å²) in [6, 6.07) is 9.99. The van der Waals surface area contributed by atoms with E-state index < -0.39 is 11.9 Å². The summed E-state index contributed by atoms with van der Waals surface area (Å²) in [6.07, 6.45) is 0.566. The zero-order valence-corrected chi connectivity index (χ0v) is 15.0. The standard InChI is InChI=1S/C19H18ClFN2O3/c1-25-12-7-11(8-13(9-12)26-2)17(24)10-23-16-4-3-14-15(20)5-6-22-19(14)18(16)21/h3-9,17,23-24H,10H2,1-2H3. The SMILES string of the molecule is COc1cc(OC)cc(C(O)CNc2ccc3c(Cl)ccnc3c2F)c1. The number of aliphatic hydroxyl groups is 1. The number of hydrogen-bond donors (Lipinski definition) is 2. The predicted molar refractivity (Wildman–Crippen MR) is 99.7 cm³/mol. The quantitative estimate of drug-likeness (QED) is 0.675. The van der Waals surface area contributed by atoms with Crippen molar-refractivity contribution in [2.24, 2.45) is 0 Å². The normalized spacial score (nSPS) is 12.0. The van der Waals surface area contributed by atoms with Gasteiger partial charge in [-0.3, -0.25) is 4.98 Å². The number of nitrogens with one attached hydrogen (secondary N) is 1. The molecule has 0 saturated heterocycles. The predicted octanol–water partition coefficient (Wildman–Crippen LogP) is 4.19. The number of aromatic nitrogens is 1. The largest absolute Gasteiger partial charge is 0.497 e. The number of nitrogens with zero attached hydrogens (tertiary/aromatic N) is 1. The van der Waals surface area contributed by atoms with E-state index in [0.717, 1.165) is 0 Å². The molecule has 1 aromatic heterocycles. The summed E-state index contributed by atoms with van der Waals surface area (Å²) in [4.78, 5) is 4.04. The summed E-state index contributed by atoms with van der Waals surface area (Å²) in [6.45, 7) is 0.0965. The summed E-state index contributed by atoms with van der Waals surface area (Å²) < 4.78 is 25.0. The van der Waals surface area contributed by atoms with Crippen LogP contribution in [0, 0.1) is 5.82 Å². The van der Waals surface area contributed by atoms with Gasteiger partial charge in [-0.2, -0.15) is 0 Å². The molecule has 26 heavy (non-hydrogen) atoms. The molecule has 3 rings (SSSR count). The molecule has 5 nitrogen and oxygen atoms in total. The van der Waals surface area contributed by atoms with Gasteiger partial charge in [-0.25, -0.2) is 4.39 Å². The van der Waals surface area contributed by atoms with Crippen molar-refractivity contribution in [1.82, 2.24) is 4.98 Å². The molecule has 0 saturated carbocycles. The number of hydrogen-bond acceptors (Lipinski definition) is 5. The maximum Gasteiger partial charge on any atom is 0.172 e. The Labute approximate surface area is 155 Å². The highest BCUT2D eigenvalue weighted by molar-refractivity contribution is 6.35. The summed E-state index contributed by atoms with van der Waals surface area (Å²) in [5.41, 5.74) is 1.01. The third-order valence-corrected chi connectivity index (χ3v) is 4.37. The Bertz CT molecular complexity index is 914. The smallest absolute Gasteiger partial charge is 0.172 e. The molecule has 3 aromatic rings. The van der Waals surface area contributed by atoms with Crippen LogP contribution in [0.2, 0.25) is 5.02 Å². The molecule has 7 heteroatoms. The molecule has 0 aliphatic heterocycles. The Hall–Kier alpha value is -2.57. The van der Waals surface area contributed by atoms with Crippen LogP contribution in [0.25, 0.3) is 10.9 Å². The topological polar surface area (TPSA) is 63.6 Å². The molecule has 2 N–H and O–H groups in total. The van der Waals surface area contributed by atoms with Crippen LogP contribution in [0.5, 0.6) is 11.5 Å². The molecule has 0 aliphatic carbocycles. The van der Waals surface area contributed by atoms with Gasteiger partial charge in [0.05, 0.1) is 31.0 Å². The van der Waals surface area contributed by atoms with Gasteiger partial charge < -0.3 is 19.9 Å². The molecule has 0 aliphatic rings. The number of anilines is 1. The van der Waals surface area contributed by atoms with Gasteiger partial charge in [0.1, 0.15) is 17.0 Å². The molecular weight excluding hydrogens is 359 g/mol. The Balaban J connectivity index is 1.81. The molecule has 0 radical (unpaired) electrons. The maximum absolute atomic E-state index is 14.6. The van der Waals surface area contributed by atoms with Crippen molar-refractivity contribution in [2.75, 3.05) is 26.1 Å². The maximum atomic E-state index is 14.6. The second-order valence-electron chi connectivity index (χ2n) is 5.66. The third kappa shape index (κ3) is 3.66. The molecule has 0 amide bonds. The fraction of sp³-hybridized carbons (Fsp3) is 0.211. The monoisotopic (exact) mass is 376 g/mol. The summed E-state index contributed by atoms with van der Waals surface area (Å²) in [7, 11) is 3.07. The Morgan fingerprint density at radius 1 is 1.15 bits per heavy atom. The van der Waals surface area contributed by atoms with Crippen molar-refractivity contribution in [2.45, 2.75) is 6.10 Å².